The standard InChI is InChI=1S/C22H18BrN3O4/c1-13(14-3-5-17(6-4-14)26-8-7-24-12-26)25-21(27)18-10-15-9-16(23)11-19(29-2)20(15)30-22(18)28/h3-13H,1-2H3,(H,25,27). The third kappa shape index (κ3) is 3.86. The van der Waals surface area contributed by atoms with Gasteiger partial charge in [0.1, 0.15) is 5.56 Å². The summed E-state index contributed by atoms with van der Waals surface area (Å²) in [6, 6.07) is 12.4. The van der Waals surface area contributed by atoms with Gasteiger partial charge in [-0.1, -0.05) is 28.1 Å². The number of nitrogens with one attached hydrogen (secondary N) is 1. The second-order valence-corrected chi connectivity index (χ2v) is 7.65. The van der Waals surface area contributed by atoms with Gasteiger partial charge in [-0.2, -0.15) is 0 Å². The molecule has 0 spiro atoms. The van der Waals surface area contributed by atoms with Crippen molar-refractivity contribution in [1.29, 1.82) is 0 Å². The van der Waals surface area contributed by atoms with Crippen LogP contribution < -0.4 is 15.7 Å². The van der Waals surface area contributed by atoms with E-state index in [9.17, 15) is 9.59 Å². The summed E-state index contributed by atoms with van der Waals surface area (Å²) in [4.78, 5) is 29.2. The number of benzene rings is 2. The summed E-state index contributed by atoms with van der Waals surface area (Å²) in [5.41, 5.74) is 1.38. The smallest absolute Gasteiger partial charge is 0.349 e. The molecule has 8 heteroatoms. The Hall–Kier alpha value is -3.39. The lowest BCUT2D eigenvalue weighted by atomic mass is 10.1. The van der Waals surface area contributed by atoms with Gasteiger partial charge in [0.15, 0.2) is 11.3 Å². The van der Waals surface area contributed by atoms with Gasteiger partial charge >= 0.3 is 5.63 Å². The fourth-order valence-corrected chi connectivity index (χ4v) is 3.64. The number of hydrogen-bond acceptors (Lipinski definition) is 5. The van der Waals surface area contributed by atoms with E-state index in [-0.39, 0.29) is 11.6 Å². The van der Waals surface area contributed by atoms with Gasteiger partial charge in [-0.15, -0.1) is 0 Å². The summed E-state index contributed by atoms with van der Waals surface area (Å²) in [5, 5.41) is 3.44. The van der Waals surface area contributed by atoms with Crippen molar-refractivity contribution in [3.63, 3.8) is 0 Å². The molecule has 1 unspecified atom stereocenters. The largest absolute Gasteiger partial charge is 0.493 e. The number of nitrogens with zero attached hydrogens (tertiary/aromatic N) is 2. The molecule has 152 valence electrons. The van der Waals surface area contributed by atoms with Crippen LogP contribution in [-0.4, -0.2) is 22.6 Å². The van der Waals surface area contributed by atoms with Crippen molar-refractivity contribution < 1.29 is 13.9 Å². The minimum Gasteiger partial charge on any atom is -0.493 e. The lowest BCUT2D eigenvalue weighted by molar-refractivity contribution is 0.0936. The van der Waals surface area contributed by atoms with Crippen molar-refractivity contribution in [2.45, 2.75) is 13.0 Å². The maximum atomic E-state index is 12.8. The number of hydrogen-bond donors (Lipinski definition) is 1. The molecule has 7 nitrogen and oxygen atoms in total. The number of ether oxygens (including phenoxy) is 1. The van der Waals surface area contributed by atoms with Crippen molar-refractivity contribution in [1.82, 2.24) is 14.9 Å². The minimum atomic E-state index is -0.719. The molecule has 0 aliphatic heterocycles. The van der Waals surface area contributed by atoms with E-state index in [1.54, 1.807) is 24.7 Å². The minimum absolute atomic E-state index is 0.0652. The number of fused-ring (bicyclic) bond motifs is 1. The van der Waals surface area contributed by atoms with Crippen molar-refractivity contribution in [3.8, 4) is 11.4 Å². The first-order valence-corrected chi connectivity index (χ1v) is 9.96. The van der Waals surface area contributed by atoms with E-state index in [1.807, 2.05) is 42.0 Å². The summed E-state index contributed by atoms with van der Waals surface area (Å²) in [6.45, 7) is 1.85. The van der Waals surface area contributed by atoms with E-state index in [2.05, 4.69) is 26.2 Å². The van der Waals surface area contributed by atoms with Crippen LogP contribution in [0, 0.1) is 0 Å². The third-order valence-electron chi connectivity index (χ3n) is 4.77. The van der Waals surface area contributed by atoms with Crippen LogP contribution in [0.4, 0.5) is 0 Å². The quantitative estimate of drug-likeness (QED) is 0.443. The predicted octanol–water partition coefficient (Wildman–Crippen LogP) is 4.24. The first kappa shape index (κ1) is 19.9. The highest BCUT2D eigenvalue weighted by Gasteiger charge is 2.18. The Morgan fingerprint density at radius 1 is 1.23 bits per heavy atom. The molecule has 1 amide bonds. The molecule has 2 heterocycles. The van der Waals surface area contributed by atoms with Crippen LogP contribution in [0.25, 0.3) is 16.7 Å². The summed E-state index contributed by atoms with van der Waals surface area (Å²) >= 11 is 3.39. The molecule has 1 atom stereocenters. The van der Waals surface area contributed by atoms with Crippen molar-refractivity contribution in [2.24, 2.45) is 0 Å². The Kier molecular flexibility index (Phi) is 5.41. The van der Waals surface area contributed by atoms with Crippen LogP contribution in [0.3, 0.4) is 0 Å². The molecule has 1 N–H and O–H groups in total. The van der Waals surface area contributed by atoms with Crippen molar-refractivity contribution >= 4 is 32.8 Å². The number of rotatable bonds is 5. The SMILES string of the molecule is COc1cc(Br)cc2cc(C(=O)NC(C)c3ccc(-n4ccnc4)cc3)c(=O)oc12. The summed E-state index contributed by atoms with van der Waals surface area (Å²) in [5.74, 6) is -0.0921. The Balaban J connectivity index is 1.58. The van der Waals surface area contributed by atoms with Gasteiger partial charge in [-0.3, -0.25) is 4.79 Å². The van der Waals surface area contributed by atoms with Gasteiger partial charge < -0.3 is 19.0 Å². The second-order valence-electron chi connectivity index (χ2n) is 6.73. The van der Waals surface area contributed by atoms with Crippen LogP contribution in [0.5, 0.6) is 5.75 Å². The van der Waals surface area contributed by atoms with E-state index in [4.69, 9.17) is 9.15 Å². The molecule has 0 saturated carbocycles. The van der Waals surface area contributed by atoms with Crippen LogP contribution in [-0.2, 0) is 0 Å². The zero-order valence-electron chi connectivity index (χ0n) is 16.3. The van der Waals surface area contributed by atoms with Crippen molar-refractivity contribution in [3.05, 3.63) is 87.2 Å². The Bertz CT molecular complexity index is 1260. The number of carbonyl (C=O) groups is 1. The molecule has 0 aliphatic carbocycles. The summed E-state index contributed by atoms with van der Waals surface area (Å²) in [7, 11) is 1.49. The number of halogens is 1. The Morgan fingerprint density at radius 3 is 2.67 bits per heavy atom. The zero-order valence-corrected chi connectivity index (χ0v) is 17.8. The normalized spacial score (nSPS) is 12.0. The van der Waals surface area contributed by atoms with Gasteiger partial charge in [0, 0.05) is 27.9 Å². The van der Waals surface area contributed by atoms with Gasteiger partial charge in [0.05, 0.1) is 19.5 Å². The highest BCUT2D eigenvalue weighted by atomic mass is 79.9. The highest BCUT2D eigenvalue weighted by Crippen LogP contribution is 2.29. The zero-order chi connectivity index (χ0) is 21.3. The molecule has 2 aromatic carbocycles. The van der Waals surface area contributed by atoms with Crippen LogP contribution in [0.1, 0.15) is 28.9 Å². The molecular weight excluding hydrogens is 450 g/mol. The molecule has 0 fully saturated rings. The second kappa shape index (κ2) is 8.16. The monoisotopic (exact) mass is 467 g/mol. The average Bonchev–Trinajstić information content (AvgIpc) is 3.28. The molecule has 4 aromatic rings. The first-order chi connectivity index (χ1) is 14.5. The van der Waals surface area contributed by atoms with Gasteiger partial charge in [-0.25, -0.2) is 9.78 Å². The molecule has 0 saturated heterocycles. The van der Waals surface area contributed by atoms with Gasteiger partial charge in [-0.05, 0) is 42.8 Å². The lowest BCUT2D eigenvalue weighted by Crippen LogP contribution is -2.30. The topological polar surface area (TPSA) is 86.4 Å². The number of amides is 1. The summed E-state index contributed by atoms with van der Waals surface area (Å²) in [6.07, 6.45) is 5.28. The fourth-order valence-electron chi connectivity index (χ4n) is 3.18. The Morgan fingerprint density at radius 2 is 2.00 bits per heavy atom. The van der Waals surface area contributed by atoms with Crippen molar-refractivity contribution in [2.75, 3.05) is 7.11 Å². The fraction of sp³-hybridized carbons (Fsp3) is 0.136. The maximum absolute atomic E-state index is 12.8. The van der Waals surface area contributed by atoms with E-state index < -0.39 is 11.5 Å². The average molecular weight is 468 g/mol. The Labute approximate surface area is 180 Å². The van der Waals surface area contributed by atoms with Gasteiger partial charge in [0.25, 0.3) is 5.91 Å². The van der Waals surface area contributed by atoms with E-state index >= 15 is 0 Å². The first-order valence-electron chi connectivity index (χ1n) is 9.17. The number of imidazole rings is 1. The van der Waals surface area contributed by atoms with E-state index in [0.717, 1.165) is 15.7 Å². The number of methoxy groups -OCH3 is 1. The van der Waals surface area contributed by atoms with Crippen LogP contribution >= 0.6 is 15.9 Å². The molecule has 30 heavy (non-hydrogen) atoms. The van der Waals surface area contributed by atoms with Crippen LogP contribution in [0.15, 0.2) is 74.9 Å². The molecular formula is C22H18BrN3O4. The highest BCUT2D eigenvalue weighted by molar-refractivity contribution is 9.10. The van der Waals surface area contributed by atoms with Crippen LogP contribution in [0.2, 0.25) is 0 Å². The molecule has 4 rings (SSSR count). The predicted molar refractivity (Wildman–Crippen MR) is 116 cm³/mol. The number of aromatic nitrogens is 2. The lowest BCUT2D eigenvalue weighted by Gasteiger charge is -2.15. The third-order valence-corrected chi connectivity index (χ3v) is 5.23. The molecule has 0 aliphatic rings. The molecule has 2 aromatic heterocycles. The maximum Gasteiger partial charge on any atom is 0.349 e. The molecule has 0 radical (unpaired) electrons. The van der Waals surface area contributed by atoms with Gasteiger partial charge in [0.2, 0.25) is 0 Å². The molecule has 0 bridgehead atoms. The van der Waals surface area contributed by atoms with E-state index in [0.29, 0.717) is 16.7 Å². The van der Waals surface area contributed by atoms with E-state index in [1.165, 1.54) is 13.2 Å². The summed E-state index contributed by atoms with van der Waals surface area (Å²) < 4.78 is 13.3. The number of carbonyl (C=O) groups excluding carboxylic acids is 1.